The summed E-state index contributed by atoms with van der Waals surface area (Å²) in [6.45, 7) is 3.25. The standard InChI is InChI=1S/C32H34O12/c1-27-14-30(39)20-12-31(28(2,44-27)32(27,30)29(20,31)15-41-25(38)17-8-10-18(33)11-9-17)43-26-23(36)22(35)21(34)19(42-26)13-40-24(37)16-6-4-3-5-7-16/h3-11,19-23,26,33-36,39H,12-15H2,1-2H3/t19-,20?,21-,22+,23-,26+,27+,28?,29?,30?,31?,32?/m1/s1. The van der Waals surface area contributed by atoms with E-state index in [-0.39, 0.29) is 23.8 Å². The van der Waals surface area contributed by atoms with Crippen LogP contribution in [0.2, 0.25) is 0 Å². The molecule has 12 heteroatoms. The van der Waals surface area contributed by atoms with Gasteiger partial charge in [0, 0.05) is 12.3 Å². The second kappa shape index (κ2) is 8.58. The molecule has 44 heavy (non-hydrogen) atoms. The van der Waals surface area contributed by atoms with E-state index in [4.69, 9.17) is 23.7 Å². The van der Waals surface area contributed by atoms with Gasteiger partial charge in [-0.3, -0.25) is 0 Å². The molecular weight excluding hydrogens is 576 g/mol. The van der Waals surface area contributed by atoms with Gasteiger partial charge in [0.25, 0.3) is 0 Å². The van der Waals surface area contributed by atoms with Crippen molar-refractivity contribution >= 4 is 11.9 Å². The predicted molar refractivity (Wildman–Crippen MR) is 146 cm³/mol. The topological polar surface area (TPSA) is 181 Å². The van der Waals surface area contributed by atoms with Gasteiger partial charge in [-0.25, -0.2) is 9.59 Å². The highest BCUT2D eigenvalue weighted by molar-refractivity contribution is 5.90. The van der Waals surface area contributed by atoms with Crippen molar-refractivity contribution in [2.45, 2.75) is 79.8 Å². The fourth-order valence-corrected chi connectivity index (χ4v) is 10.7. The molecule has 6 aliphatic rings. The molecule has 6 unspecified atom stereocenters. The number of ether oxygens (including phenoxy) is 5. The molecule has 2 heterocycles. The van der Waals surface area contributed by atoms with Gasteiger partial charge in [0.15, 0.2) is 6.29 Å². The normalized spacial score (nSPS) is 48.5. The summed E-state index contributed by atoms with van der Waals surface area (Å²) < 4.78 is 30.2. The third-order valence-corrected chi connectivity index (χ3v) is 11.9. The Balaban J connectivity index is 1.05. The van der Waals surface area contributed by atoms with Crippen LogP contribution in [0.15, 0.2) is 54.6 Å². The Morgan fingerprint density at radius 2 is 1.57 bits per heavy atom. The zero-order chi connectivity index (χ0) is 31.1. The highest BCUT2D eigenvalue weighted by Gasteiger charge is 3.18. The number of aliphatic hydroxyl groups is 4. The van der Waals surface area contributed by atoms with Crippen molar-refractivity contribution in [1.29, 1.82) is 0 Å². The number of phenolic OH excluding ortho intramolecular Hbond substituents is 1. The highest BCUT2D eigenvalue weighted by atomic mass is 16.7. The minimum absolute atomic E-state index is 0.00906. The Morgan fingerprint density at radius 1 is 0.909 bits per heavy atom. The lowest BCUT2D eigenvalue weighted by atomic mass is 9.00. The molecule has 0 amide bonds. The number of rotatable bonds is 8. The molecule has 12 nitrogen and oxygen atoms in total. The van der Waals surface area contributed by atoms with Crippen LogP contribution in [-0.2, 0) is 23.7 Å². The first-order valence-corrected chi connectivity index (χ1v) is 14.8. The number of aliphatic hydroxyl groups excluding tert-OH is 3. The first kappa shape index (κ1) is 28.4. The van der Waals surface area contributed by atoms with E-state index in [2.05, 4.69) is 0 Å². The number of fused-ring (bicyclic) bond motifs is 2. The smallest absolute Gasteiger partial charge is 0.338 e. The van der Waals surface area contributed by atoms with Crippen molar-refractivity contribution in [3.05, 3.63) is 65.7 Å². The van der Waals surface area contributed by atoms with E-state index in [9.17, 15) is 35.1 Å². The van der Waals surface area contributed by atoms with E-state index in [0.717, 1.165) is 0 Å². The molecule has 8 rings (SSSR count). The molecule has 6 fully saturated rings. The molecule has 2 aromatic rings. The molecule has 5 N–H and O–H groups in total. The predicted octanol–water partition coefficient (Wildman–Crippen LogP) is 0.671. The number of aromatic hydroxyl groups is 1. The first-order valence-electron chi connectivity index (χ1n) is 14.8. The van der Waals surface area contributed by atoms with Crippen LogP contribution in [0.1, 0.15) is 47.4 Å². The Hall–Kier alpha value is -3.10. The Kier molecular flexibility index (Phi) is 5.53. The maximum absolute atomic E-state index is 13.0. The highest BCUT2D eigenvalue weighted by Crippen LogP contribution is 3.06. The summed E-state index contributed by atoms with van der Waals surface area (Å²) in [6.07, 6.45) is -6.84. The van der Waals surface area contributed by atoms with Crippen LogP contribution in [0.5, 0.6) is 5.75 Å². The SMILES string of the molecule is CC12O[C@@]3(C)CC4(O)C5CC1(O[C@@H]1O[C@H](COC(=O)c6ccccc6)[C@@H](O)[C@H](O)[C@H]1O)C5(COC(=O)c1ccc(O)cc1)C423. The second-order valence-electron chi connectivity index (χ2n) is 13.5. The third-order valence-electron chi connectivity index (χ3n) is 11.9. The Labute approximate surface area is 252 Å². The fourth-order valence-electron chi connectivity index (χ4n) is 10.7. The van der Waals surface area contributed by atoms with Crippen LogP contribution < -0.4 is 0 Å². The Morgan fingerprint density at radius 3 is 2.25 bits per heavy atom. The average Bonchev–Trinajstić information content (AvgIpc) is 2.99. The number of carbonyl (C=O) groups is 2. The second-order valence-corrected chi connectivity index (χ2v) is 13.5. The van der Waals surface area contributed by atoms with E-state index in [1.54, 1.807) is 30.3 Å². The molecule has 2 aliphatic heterocycles. The van der Waals surface area contributed by atoms with Gasteiger partial charge in [0.2, 0.25) is 0 Å². The molecule has 4 saturated carbocycles. The number of hydrogen-bond acceptors (Lipinski definition) is 12. The van der Waals surface area contributed by atoms with E-state index in [1.165, 1.54) is 24.3 Å². The molecule has 0 radical (unpaired) electrons. The molecule has 0 aromatic heterocycles. The summed E-state index contributed by atoms with van der Waals surface area (Å²) in [5.74, 6) is -1.52. The number of phenols is 1. The number of esters is 2. The molecule has 1 spiro atoms. The molecular formula is C32H34O12. The van der Waals surface area contributed by atoms with Gasteiger partial charge in [-0.05, 0) is 56.7 Å². The lowest BCUT2D eigenvalue weighted by Crippen LogP contribution is -3.22. The van der Waals surface area contributed by atoms with Crippen LogP contribution >= 0.6 is 0 Å². The van der Waals surface area contributed by atoms with Crippen molar-refractivity contribution < 1.29 is 58.8 Å². The number of carbonyl (C=O) groups excluding carboxylic acids is 2. The molecule has 234 valence electrons. The van der Waals surface area contributed by atoms with E-state index in [0.29, 0.717) is 18.4 Å². The van der Waals surface area contributed by atoms with Crippen molar-refractivity contribution in [3.63, 3.8) is 0 Å². The lowest BCUT2D eigenvalue weighted by Gasteiger charge is -3.10. The molecule has 2 saturated heterocycles. The van der Waals surface area contributed by atoms with Gasteiger partial charge in [-0.2, -0.15) is 0 Å². The van der Waals surface area contributed by atoms with E-state index in [1.807, 2.05) is 13.8 Å². The van der Waals surface area contributed by atoms with Crippen molar-refractivity contribution in [3.8, 4) is 5.75 Å². The average molecular weight is 611 g/mol. The molecule has 2 aromatic carbocycles. The zero-order valence-electron chi connectivity index (χ0n) is 24.1. The van der Waals surface area contributed by atoms with Crippen molar-refractivity contribution in [2.24, 2.45) is 16.7 Å². The minimum atomic E-state index is -1.68. The van der Waals surface area contributed by atoms with E-state index >= 15 is 0 Å². The van der Waals surface area contributed by atoms with Crippen LogP contribution in [0, 0.1) is 16.7 Å². The van der Waals surface area contributed by atoms with Gasteiger partial charge < -0.3 is 49.2 Å². The largest absolute Gasteiger partial charge is 0.508 e. The van der Waals surface area contributed by atoms with Gasteiger partial charge in [-0.1, -0.05) is 18.2 Å². The summed E-state index contributed by atoms with van der Waals surface area (Å²) in [5, 5.41) is 53.8. The monoisotopic (exact) mass is 610 g/mol. The van der Waals surface area contributed by atoms with Crippen LogP contribution in [0.25, 0.3) is 0 Å². The summed E-state index contributed by atoms with van der Waals surface area (Å²) in [5.41, 5.74) is -4.95. The summed E-state index contributed by atoms with van der Waals surface area (Å²) in [7, 11) is 0. The Bertz CT molecular complexity index is 1550. The summed E-state index contributed by atoms with van der Waals surface area (Å²) in [4.78, 5) is 25.5. The number of hydrogen-bond donors (Lipinski definition) is 5. The molecule has 0 bridgehead atoms. The van der Waals surface area contributed by atoms with Crippen LogP contribution in [-0.4, -0.2) is 104 Å². The van der Waals surface area contributed by atoms with Crippen molar-refractivity contribution in [1.82, 2.24) is 0 Å². The van der Waals surface area contributed by atoms with Gasteiger partial charge >= 0.3 is 11.9 Å². The quantitative estimate of drug-likeness (QED) is 0.264. The minimum Gasteiger partial charge on any atom is -0.508 e. The molecule has 4 aliphatic carbocycles. The maximum Gasteiger partial charge on any atom is 0.338 e. The maximum atomic E-state index is 13.0. The third kappa shape index (κ3) is 2.78. The van der Waals surface area contributed by atoms with E-state index < -0.39 is 82.5 Å². The summed E-state index contributed by atoms with van der Waals surface area (Å²) in [6, 6.07) is 13.9. The molecule has 12 atom stereocenters. The van der Waals surface area contributed by atoms with Gasteiger partial charge in [-0.15, -0.1) is 0 Å². The van der Waals surface area contributed by atoms with Crippen LogP contribution in [0.4, 0.5) is 0 Å². The lowest BCUT2D eigenvalue weighted by molar-refractivity contribution is -0.734. The van der Waals surface area contributed by atoms with Crippen LogP contribution in [0.3, 0.4) is 0 Å². The van der Waals surface area contributed by atoms with Gasteiger partial charge in [0.05, 0.1) is 33.2 Å². The first-order chi connectivity index (χ1) is 20.8. The zero-order valence-corrected chi connectivity index (χ0v) is 24.1. The van der Waals surface area contributed by atoms with Gasteiger partial charge in [0.1, 0.15) is 54.6 Å². The van der Waals surface area contributed by atoms with Crippen molar-refractivity contribution in [2.75, 3.05) is 13.2 Å². The fraction of sp³-hybridized carbons (Fsp3) is 0.562. The summed E-state index contributed by atoms with van der Waals surface area (Å²) >= 11 is 0. The number of benzene rings is 2.